The molecule has 2 rings (SSSR count). The second kappa shape index (κ2) is 5.61. The van der Waals surface area contributed by atoms with Crippen molar-refractivity contribution in [2.24, 2.45) is 0 Å². The lowest BCUT2D eigenvalue weighted by molar-refractivity contribution is -0.135. The fourth-order valence-electron chi connectivity index (χ4n) is 2.18. The molecule has 0 bridgehead atoms. The van der Waals surface area contributed by atoms with Crippen LogP contribution in [0.1, 0.15) is 23.5 Å². The van der Waals surface area contributed by atoms with Crippen molar-refractivity contribution in [1.82, 2.24) is 10.6 Å². The van der Waals surface area contributed by atoms with Crippen LogP contribution in [0.15, 0.2) is 24.3 Å². The predicted octanol–water partition coefficient (Wildman–Crippen LogP) is 1.94. The van der Waals surface area contributed by atoms with Crippen LogP contribution >= 0.6 is 0 Å². The van der Waals surface area contributed by atoms with E-state index in [2.05, 4.69) is 10.6 Å². The Kier molecular flexibility index (Phi) is 4.09. The van der Waals surface area contributed by atoms with Gasteiger partial charge in [-0.3, -0.25) is 4.79 Å². The molecule has 1 aromatic rings. The summed E-state index contributed by atoms with van der Waals surface area (Å²) in [5.41, 5.74) is 1.91. The lowest BCUT2D eigenvalue weighted by Gasteiger charge is -2.25. The molecule has 104 valence electrons. The quantitative estimate of drug-likeness (QED) is 0.883. The summed E-state index contributed by atoms with van der Waals surface area (Å²) in [7, 11) is 0. The minimum absolute atomic E-state index is 0.357. The van der Waals surface area contributed by atoms with Gasteiger partial charge in [-0.25, -0.2) is 0 Å². The van der Waals surface area contributed by atoms with E-state index in [1.807, 2.05) is 24.3 Å². The molecule has 6 heteroatoms. The number of carbonyl (C=O) groups excluding carboxylic acids is 1. The molecule has 0 aromatic heterocycles. The van der Waals surface area contributed by atoms with E-state index in [0.29, 0.717) is 13.1 Å². The lowest BCUT2D eigenvalue weighted by Crippen LogP contribution is -2.39. The van der Waals surface area contributed by atoms with E-state index in [-0.39, 0.29) is 12.5 Å². The summed E-state index contributed by atoms with van der Waals surface area (Å²) in [5.74, 6) is -0.776. The van der Waals surface area contributed by atoms with Gasteiger partial charge in [-0.2, -0.15) is 13.2 Å². The third-order valence-electron chi connectivity index (χ3n) is 3.12. The van der Waals surface area contributed by atoms with E-state index < -0.39 is 18.5 Å². The first-order chi connectivity index (χ1) is 8.97. The highest BCUT2D eigenvalue weighted by atomic mass is 19.4. The van der Waals surface area contributed by atoms with Crippen molar-refractivity contribution in [3.8, 4) is 0 Å². The van der Waals surface area contributed by atoms with E-state index in [1.54, 1.807) is 0 Å². The van der Waals surface area contributed by atoms with Crippen molar-refractivity contribution < 1.29 is 18.0 Å². The molecule has 0 saturated heterocycles. The minimum atomic E-state index is -4.24. The van der Waals surface area contributed by atoms with Crippen molar-refractivity contribution in [3.63, 3.8) is 0 Å². The molecular weight excluding hydrogens is 257 g/mol. The van der Waals surface area contributed by atoms with Crippen LogP contribution in [-0.4, -0.2) is 25.2 Å². The molecular formula is C13H15F3N2O. The minimum Gasteiger partial charge on any atom is -0.355 e. The molecule has 0 radical (unpaired) electrons. The fraction of sp³-hybridized carbons (Fsp3) is 0.462. The molecule has 0 fully saturated rings. The number of carbonyl (C=O) groups is 1. The number of hydrogen-bond acceptors (Lipinski definition) is 2. The van der Waals surface area contributed by atoms with E-state index in [4.69, 9.17) is 0 Å². The maximum atomic E-state index is 12.0. The highest BCUT2D eigenvalue weighted by Gasteiger charge is 2.29. The number of benzene rings is 1. The Morgan fingerprint density at radius 3 is 2.84 bits per heavy atom. The molecule has 0 spiro atoms. The Labute approximate surface area is 109 Å². The first kappa shape index (κ1) is 13.9. The van der Waals surface area contributed by atoms with Crippen LogP contribution in [0.4, 0.5) is 13.2 Å². The van der Waals surface area contributed by atoms with Gasteiger partial charge in [-0.15, -0.1) is 0 Å². The Balaban J connectivity index is 1.97. The van der Waals surface area contributed by atoms with Crippen LogP contribution in [0.3, 0.4) is 0 Å². The van der Waals surface area contributed by atoms with Gasteiger partial charge in [-0.05, 0) is 11.1 Å². The van der Waals surface area contributed by atoms with Gasteiger partial charge < -0.3 is 10.6 Å². The maximum absolute atomic E-state index is 12.0. The highest BCUT2D eigenvalue weighted by Crippen LogP contribution is 2.24. The van der Waals surface area contributed by atoms with E-state index >= 15 is 0 Å². The molecule has 1 aromatic carbocycles. The van der Waals surface area contributed by atoms with Gasteiger partial charge in [0.1, 0.15) is 0 Å². The van der Waals surface area contributed by atoms with Crippen LogP contribution < -0.4 is 10.6 Å². The molecule has 1 atom stereocenters. The van der Waals surface area contributed by atoms with Crippen LogP contribution in [0.2, 0.25) is 0 Å². The number of amides is 1. The second-order valence-electron chi connectivity index (χ2n) is 4.54. The lowest BCUT2D eigenvalue weighted by atomic mass is 9.90. The average Bonchev–Trinajstić information content (AvgIpc) is 2.36. The number of rotatable bonds is 3. The predicted molar refractivity (Wildman–Crippen MR) is 64.6 cm³/mol. The van der Waals surface area contributed by atoms with Crippen LogP contribution in [0, 0.1) is 0 Å². The van der Waals surface area contributed by atoms with Crippen molar-refractivity contribution >= 4 is 5.91 Å². The zero-order chi connectivity index (χ0) is 13.9. The number of fused-ring (bicyclic) bond motifs is 1. The molecule has 1 aliphatic heterocycles. The highest BCUT2D eigenvalue weighted by molar-refractivity contribution is 5.84. The Bertz CT molecular complexity index is 459. The van der Waals surface area contributed by atoms with Crippen LogP contribution in [0.25, 0.3) is 0 Å². The molecule has 1 heterocycles. The first-order valence-corrected chi connectivity index (χ1v) is 6.10. The van der Waals surface area contributed by atoms with Crippen molar-refractivity contribution in [2.45, 2.75) is 25.1 Å². The molecule has 1 unspecified atom stereocenters. The third kappa shape index (κ3) is 3.70. The van der Waals surface area contributed by atoms with Crippen LogP contribution in [0.5, 0.6) is 0 Å². The molecule has 0 aliphatic carbocycles. The summed E-state index contributed by atoms with van der Waals surface area (Å²) in [6.07, 6.45) is -5.24. The summed E-state index contributed by atoms with van der Waals surface area (Å²) in [5, 5.41) is 5.45. The molecule has 2 N–H and O–H groups in total. The molecule has 1 amide bonds. The van der Waals surface area contributed by atoms with Crippen molar-refractivity contribution in [1.29, 1.82) is 0 Å². The monoisotopic (exact) mass is 272 g/mol. The summed E-state index contributed by atoms with van der Waals surface area (Å²) in [6.45, 7) is 0.762. The summed E-state index contributed by atoms with van der Waals surface area (Å²) >= 11 is 0. The van der Waals surface area contributed by atoms with Gasteiger partial charge in [0.2, 0.25) is 5.91 Å². The average molecular weight is 272 g/mol. The largest absolute Gasteiger partial charge is 0.390 e. The van der Waals surface area contributed by atoms with Gasteiger partial charge in [0.25, 0.3) is 0 Å². The van der Waals surface area contributed by atoms with Crippen LogP contribution in [-0.2, 0) is 11.3 Å². The SMILES string of the molecule is O=C(NCCC(F)(F)F)C1CNCc2ccccc21. The Morgan fingerprint density at radius 2 is 2.11 bits per heavy atom. The zero-order valence-corrected chi connectivity index (χ0v) is 10.3. The van der Waals surface area contributed by atoms with E-state index in [1.165, 1.54) is 0 Å². The normalized spacial score (nSPS) is 18.8. The topological polar surface area (TPSA) is 41.1 Å². The van der Waals surface area contributed by atoms with Crippen molar-refractivity contribution in [2.75, 3.05) is 13.1 Å². The number of alkyl halides is 3. The van der Waals surface area contributed by atoms with Gasteiger partial charge >= 0.3 is 6.18 Å². The summed E-state index contributed by atoms with van der Waals surface area (Å²) < 4.78 is 36.1. The van der Waals surface area contributed by atoms with Gasteiger partial charge in [-0.1, -0.05) is 24.3 Å². The molecule has 1 aliphatic rings. The fourth-order valence-corrected chi connectivity index (χ4v) is 2.18. The summed E-state index contributed by atoms with van der Waals surface area (Å²) in [4.78, 5) is 11.9. The van der Waals surface area contributed by atoms with E-state index in [9.17, 15) is 18.0 Å². The Hall–Kier alpha value is -1.56. The maximum Gasteiger partial charge on any atom is 0.390 e. The standard InChI is InChI=1S/C13H15F3N2O/c14-13(15,16)5-6-18-12(19)11-8-17-7-9-3-1-2-4-10(9)11/h1-4,11,17H,5-8H2,(H,18,19). The number of nitrogens with one attached hydrogen (secondary N) is 2. The number of halogens is 3. The van der Waals surface area contributed by atoms with Gasteiger partial charge in [0, 0.05) is 19.6 Å². The molecule has 3 nitrogen and oxygen atoms in total. The second-order valence-corrected chi connectivity index (χ2v) is 4.54. The van der Waals surface area contributed by atoms with Gasteiger partial charge in [0.05, 0.1) is 12.3 Å². The Morgan fingerprint density at radius 1 is 1.37 bits per heavy atom. The van der Waals surface area contributed by atoms with E-state index in [0.717, 1.165) is 11.1 Å². The number of hydrogen-bond donors (Lipinski definition) is 2. The molecule has 0 saturated carbocycles. The zero-order valence-electron chi connectivity index (χ0n) is 10.3. The smallest absolute Gasteiger partial charge is 0.355 e. The first-order valence-electron chi connectivity index (χ1n) is 6.10. The third-order valence-corrected chi connectivity index (χ3v) is 3.12. The molecule has 19 heavy (non-hydrogen) atoms. The summed E-state index contributed by atoms with van der Waals surface area (Å²) in [6, 6.07) is 7.48. The van der Waals surface area contributed by atoms with Crippen molar-refractivity contribution in [3.05, 3.63) is 35.4 Å². The van der Waals surface area contributed by atoms with Gasteiger partial charge in [0.15, 0.2) is 0 Å².